The van der Waals surface area contributed by atoms with Crippen LogP contribution in [-0.4, -0.2) is 31.7 Å². The lowest BCUT2D eigenvalue weighted by Gasteiger charge is -1.96. The van der Waals surface area contributed by atoms with Crippen LogP contribution in [0.5, 0.6) is 0 Å². The number of hydrogen-bond acceptors (Lipinski definition) is 3. The van der Waals surface area contributed by atoms with Crippen LogP contribution in [0.25, 0.3) is 0 Å². The normalized spacial score (nSPS) is 8.10. The maximum atomic E-state index is 10.5. The van der Waals surface area contributed by atoms with Crippen LogP contribution in [0.3, 0.4) is 0 Å². The Balaban J connectivity index is 3.62. The van der Waals surface area contributed by atoms with Crippen molar-refractivity contribution >= 4 is 18.1 Å². The number of aldehydes is 1. The number of nitrogens with one attached hydrogen (secondary N) is 2. The van der Waals surface area contributed by atoms with E-state index in [0.29, 0.717) is 6.29 Å². The van der Waals surface area contributed by atoms with Crippen molar-refractivity contribution in [3.8, 4) is 0 Å². The molecule has 0 bridgehead atoms. The molecule has 0 saturated carbocycles. The Bertz CT molecular complexity index is 155. The Labute approximate surface area is 57.8 Å². The Morgan fingerprint density at radius 1 is 1.40 bits per heavy atom. The van der Waals surface area contributed by atoms with Crippen molar-refractivity contribution in [1.29, 1.82) is 0 Å². The van der Waals surface area contributed by atoms with E-state index in [1.54, 1.807) is 0 Å². The smallest absolute Gasteiger partial charge is 0.309 e. The molecule has 2 amide bonds. The van der Waals surface area contributed by atoms with Gasteiger partial charge in [0.25, 0.3) is 0 Å². The molecule has 0 aliphatic heterocycles. The van der Waals surface area contributed by atoms with E-state index in [9.17, 15) is 14.4 Å². The second-order valence-corrected chi connectivity index (χ2v) is 1.46. The average Bonchev–Trinajstić information content (AvgIpc) is 1.98. The third kappa shape index (κ3) is 2.81. The Kier molecular flexibility index (Phi) is 3.86. The van der Waals surface area contributed by atoms with Gasteiger partial charge in [0.2, 0.25) is 0 Å². The summed E-state index contributed by atoms with van der Waals surface area (Å²) in [7, 11) is 1.34. The molecule has 10 heavy (non-hydrogen) atoms. The van der Waals surface area contributed by atoms with Crippen molar-refractivity contribution < 1.29 is 14.4 Å². The minimum atomic E-state index is -0.797. The molecule has 0 unspecified atom stereocenters. The molecule has 0 aromatic rings. The second-order valence-electron chi connectivity index (χ2n) is 1.46. The van der Waals surface area contributed by atoms with Gasteiger partial charge in [0.15, 0.2) is 0 Å². The van der Waals surface area contributed by atoms with Gasteiger partial charge in [0, 0.05) is 7.05 Å². The fourth-order valence-corrected chi connectivity index (χ4v) is 0.328. The predicted molar refractivity (Wildman–Crippen MR) is 33.1 cm³/mol. The van der Waals surface area contributed by atoms with Crippen molar-refractivity contribution in [2.75, 3.05) is 13.6 Å². The zero-order valence-electron chi connectivity index (χ0n) is 5.51. The molecule has 0 saturated heterocycles. The van der Waals surface area contributed by atoms with Crippen molar-refractivity contribution in [3.05, 3.63) is 0 Å². The van der Waals surface area contributed by atoms with Crippen LogP contribution in [0.15, 0.2) is 0 Å². The Morgan fingerprint density at radius 3 is 2.40 bits per heavy atom. The van der Waals surface area contributed by atoms with Crippen molar-refractivity contribution in [3.63, 3.8) is 0 Å². The largest absolute Gasteiger partial charge is 0.351 e. The fraction of sp³-hybridized carbons (Fsp3) is 0.400. The van der Waals surface area contributed by atoms with E-state index in [1.807, 2.05) is 0 Å². The molecule has 0 aliphatic carbocycles. The second kappa shape index (κ2) is 4.49. The van der Waals surface area contributed by atoms with Crippen LogP contribution in [0.4, 0.5) is 0 Å². The summed E-state index contributed by atoms with van der Waals surface area (Å²) in [5.74, 6) is -1.54. The monoisotopic (exact) mass is 144 g/mol. The molecule has 5 nitrogen and oxygen atoms in total. The van der Waals surface area contributed by atoms with E-state index in [2.05, 4.69) is 10.6 Å². The molecule has 0 aromatic carbocycles. The van der Waals surface area contributed by atoms with Crippen molar-refractivity contribution in [2.24, 2.45) is 0 Å². The number of hydrogen-bond donors (Lipinski definition) is 2. The number of rotatable bonds is 2. The molecule has 0 atom stereocenters. The third-order valence-electron chi connectivity index (χ3n) is 0.779. The third-order valence-corrected chi connectivity index (χ3v) is 0.779. The van der Waals surface area contributed by atoms with Crippen LogP contribution in [0.2, 0.25) is 0 Å². The first-order chi connectivity index (χ1) is 4.72. The van der Waals surface area contributed by atoms with Crippen molar-refractivity contribution in [2.45, 2.75) is 0 Å². The van der Waals surface area contributed by atoms with Gasteiger partial charge in [-0.15, -0.1) is 0 Å². The SMILES string of the molecule is CNC(=O)C(=O)NCC=O. The van der Waals surface area contributed by atoms with Gasteiger partial charge in [0.1, 0.15) is 6.29 Å². The summed E-state index contributed by atoms with van der Waals surface area (Å²) in [5, 5.41) is 4.17. The summed E-state index contributed by atoms with van der Waals surface area (Å²) in [5.41, 5.74) is 0. The van der Waals surface area contributed by atoms with Gasteiger partial charge >= 0.3 is 11.8 Å². The molecule has 56 valence electrons. The molecule has 0 aromatic heterocycles. The summed E-state index contributed by atoms with van der Waals surface area (Å²) < 4.78 is 0. The molecule has 0 heterocycles. The fourth-order valence-electron chi connectivity index (χ4n) is 0.328. The lowest BCUT2D eigenvalue weighted by atomic mass is 10.5. The van der Waals surface area contributed by atoms with E-state index in [1.165, 1.54) is 7.05 Å². The number of likely N-dealkylation sites (N-methyl/N-ethyl adjacent to an activating group) is 1. The first-order valence-corrected chi connectivity index (χ1v) is 2.66. The highest BCUT2D eigenvalue weighted by atomic mass is 16.2. The maximum absolute atomic E-state index is 10.5. The quantitative estimate of drug-likeness (QED) is 0.349. The first-order valence-electron chi connectivity index (χ1n) is 2.66. The zero-order chi connectivity index (χ0) is 7.98. The van der Waals surface area contributed by atoms with Gasteiger partial charge in [-0.05, 0) is 0 Å². The lowest BCUT2D eigenvalue weighted by molar-refractivity contribution is -0.139. The predicted octanol–water partition coefficient (Wildman–Crippen LogP) is -1.95. The van der Waals surface area contributed by atoms with E-state index in [0.717, 1.165) is 0 Å². The Morgan fingerprint density at radius 2 is 2.00 bits per heavy atom. The van der Waals surface area contributed by atoms with Crippen molar-refractivity contribution in [1.82, 2.24) is 10.6 Å². The van der Waals surface area contributed by atoms with Gasteiger partial charge in [-0.1, -0.05) is 0 Å². The molecule has 5 heteroatoms. The molecule has 0 aliphatic rings. The highest BCUT2D eigenvalue weighted by Gasteiger charge is 2.08. The highest BCUT2D eigenvalue weighted by Crippen LogP contribution is 1.62. The summed E-state index contributed by atoms with van der Waals surface area (Å²) >= 11 is 0. The molecular formula is C5H8N2O3. The van der Waals surface area contributed by atoms with Gasteiger partial charge in [0.05, 0.1) is 6.54 Å². The lowest BCUT2D eigenvalue weighted by Crippen LogP contribution is -2.38. The van der Waals surface area contributed by atoms with E-state index >= 15 is 0 Å². The topological polar surface area (TPSA) is 75.3 Å². The summed E-state index contributed by atoms with van der Waals surface area (Å²) in [4.78, 5) is 30.5. The van der Waals surface area contributed by atoms with Crippen LogP contribution >= 0.6 is 0 Å². The molecule has 0 fully saturated rings. The summed E-state index contributed by atoms with van der Waals surface area (Å²) in [6.45, 7) is -0.133. The van der Waals surface area contributed by atoms with Crippen LogP contribution in [-0.2, 0) is 14.4 Å². The van der Waals surface area contributed by atoms with Gasteiger partial charge < -0.3 is 15.4 Å². The molecule has 0 spiro atoms. The zero-order valence-corrected chi connectivity index (χ0v) is 5.51. The van der Waals surface area contributed by atoms with E-state index < -0.39 is 11.8 Å². The molecular weight excluding hydrogens is 136 g/mol. The minimum absolute atomic E-state index is 0.133. The summed E-state index contributed by atoms with van der Waals surface area (Å²) in [6.07, 6.45) is 0.501. The van der Waals surface area contributed by atoms with Gasteiger partial charge in [-0.3, -0.25) is 9.59 Å². The maximum Gasteiger partial charge on any atom is 0.309 e. The van der Waals surface area contributed by atoms with Gasteiger partial charge in [-0.2, -0.15) is 0 Å². The molecule has 0 radical (unpaired) electrons. The van der Waals surface area contributed by atoms with Crippen LogP contribution in [0.1, 0.15) is 0 Å². The van der Waals surface area contributed by atoms with E-state index in [4.69, 9.17) is 0 Å². The van der Waals surface area contributed by atoms with Crippen LogP contribution in [0, 0.1) is 0 Å². The number of carbonyl (C=O) groups excluding carboxylic acids is 3. The number of amides is 2. The molecule has 2 N–H and O–H groups in total. The number of carbonyl (C=O) groups is 3. The summed E-state index contributed by atoms with van der Waals surface area (Å²) in [6, 6.07) is 0. The first kappa shape index (κ1) is 8.61. The molecule has 0 rings (SSSR count). The Hall–Kier alpha value is -1.39. The highest BCUT2D eigenvalue weighted by molar-refractivity contribution is 6.35. The van der Waals surface area contributed by atoms with Crippen LogP contribution < -0.4 is 10.6 Å². The minimum Gasteiger partial charge on any atom is -0.351 e. The average molecular weight is 144 g/mol. The van der Waals surface area contributed by atoms with E-state index in [-0.39, 0.29) is 6.54 Å². The standard InChI is InChI=1S/C5H8N2O3/c1-6-4(9)5(10)7-2-3-8/h3H,2H2,1H3,(H,6,9)(H,7,10). The van der Waals surface area contributed by atoms with Gasteiger partial charge in [-0.25, -0.2) is 0 Å².